The number of hydrogen-bond acceptors (Lipinski definition) is 5. The summed E-state index contributed by atoms with van der Waals surface area (Å²) in [5.74, 6) is -0.0626. The van der Waals surface area contributed by atoms with Gasteiger partial charge in [-0.25, -0.2) is 8.42 Å². The monoisotopic (exact) mass is 515 g/mol. The summed E-state index contributed by atoms with van der Waals surface area (Å²) < 4.78 is 31.7. The number of amides is 2. The fraction of sp³-hybridized carbons (Fsp3) is 0.481. The highest BCUT2D eigenvalue weighted by Crippen LogP contribution is 2.22. The van der Waals surface area contributed by atoms with Crippen LogP contribution in [0.4, 0.5) is 5.69 Å². The second-order valence-electron chi connectivity index (χ2n) is 9.50. The second kappa shape index (κ2) is 12.3. The minimum Gasteiger partial charge on any atom is -0.497 e. The van der Waals surface area contributed by atoms with Crippen LogP contribution < -0.4 is 14.4 Å². The number of hydrogen-bond donors (Lipinski definition) is 1. The number of sulfonamides is 1. The zero-order chi connectivity index (χ0) is 26.3. The van der Waals surface area contributed by atoms with E-state index in [1.54, 1.807) is 44.4 Å². The fourth-order valence-electron chi connectivity index (χ4n) is 4.52. The number of carbonyl (C=O) groups is 2. The van der Waals surface area contributed by atoms with E-state index in [1.165, 1.54) is 11.3 Å². The molecule has 8 nitrogen and oxygen atoms in total. The van der Waals surface area contributed by atoms with E-state index < -0.39 is 28.5 Å². The van der Waals surface area contributed by atoms with E-state index in [2.05, 4.69) is 5.32 Å². The minimum atomic E-state index is -3.75. The maximum Gasteiger partial charge on any atom is 0.244 e. The molecular weight excluding hydrogens is 478 g/mol. The van der Waals surface area contributed by atoms with Crippen LogP contribution in [0.5, 0.6) is 5.75 Å². The molecule has 36 heavy (non-hydrogen) atoms. The van der Waals surface area contributed by atoms with Crippen LogP contribution in [0.25, 0.3) is 0 Å². The molecule has 2 amide bonds. The second-order valence-corrected chi connectivity index (χ2v) is 11.4. The Hall–Kier alpha value is -3.07. The van der Waals surface area contributed by atoms with Crippen molar-refractivity contribution in [2.45, 2.75) is 64.6 Å². The molecule has 1 fully saturated rings. The first kappa shape index (κ1) is 27.5. The minimum absolute atomic E-state index is 0.0993. The quantitative estimate of drug-likeness (QED) is 0.521. The van der Waals surface area contributed by atoms with E-state index in [1.807, 2.05) is 25.1 Å². The van der Waals surface area contributed by atoms with Gasteiger partial charge in [0.1, 0.15) is 18.3 Å². The number of benzene rings is 2. The largest absolute Gasteiger partial charge is 0.497 e. The van der Waals surface area contributed by atoms with E-state index in [4.69, 9.17) is 4.74 Å². The lowest BCUT2D eigenvalue weighted by Crippen LogP contribution is -2.52. The topological polar surface area (TPSA) is 96.0 Å². The third-order valence-electron chi connectivity index (χ3n) is 6.57. The molecule has 0 spiro atoms. The van der Waals surface area contributed by atoms with Gasteiger partial charge in [-0.15, -0.1) is 0 Å². The van der Waals surface area contributed by atoms with Crippen molar-refractivity contribution in [2.75, 3.05) is 24.2 Å². The Morgan fingerprint density at radius 3 is 2.42 bits per heavy atom. The van der Waals surface area contributed by atoms with Crippen molar-refractivity contribution >= 4 is 27.5 Å². The Balaban J connectivity index is 1.88. The van der Waals surface area contributed by atoms with Gasteiger partial charge in [-0.1, -0.05) is 43.5 Å². The molecule has 1 N–H and O–H groups in total. The molecule has 0 bridgehead atoms. The van der Waals surface area contributed by atoms with Gasteiger partial charge >= 0.3 is 0 Å². The molecule has 2 aromatic rings. The van der Waals surface area contributed by atoms with Crippen molar-refractivity contribution in [3.05, 3.63) is 59.7 Å². The summed E-state index contributed by atoms with van der Waals surface area (Å²) in [5.41, 5.74) is 2.06. The van der Waals surface area contributed by atoms with Crippen molar-refractivity contribution in [3.8, 4) is 5.75 Å². The van der Waals surface area contributed by atoms with E-state index in [0.717, 1.165) is 47.4 Å². The molecule has 9 heteroatoms. The van der Waals surface area contributed by atoms with E-state index in [-0.39, 0.29) is 18.5 Å². The molecule has 1 unspecified atom stereocenters. The van der Waals surface area contributed by atoms with Gasteiger partial charge in [0.15, 0.2) is 0 Å². The molecular formula is C27H37N3O5S. The van der Waals surface area contributed by atoms with Crippen molar-refractivity contribution in [1.29, 1.82) is 0 Å². The molecule has 1 aliphatic carbocycles. The van der Waals surface area contributed by atoms with Gasteiger partial charge in [-0.05, 0) is 62.1 Å². The summed E-state index contributed by atoms with van der Waals surface area (Å²) in [5, 5.41) is 3.10. The number of rotatable bonds is 10. The van der Waals surface area contributed by atoms with Gasteiger partial charge in [-0.2, -0.15) is 0 Å². The number of anilines is 1. The van der Waals surface area contributed by atoms with Crippen molar-refractivity contribution < 1.29 is 22.7 Å². The van der Waals surface area contributed by atoms with Gasteiger partial charge in [0.05, 0.1) is 19.1 Å². The third-order valence-corrected chi connectivity index (χ3v) is 7.72. The van der Waals surface area contributed by atoms with Crippen LogP contribution in [0.2, 0.25) is 0 Å². The number of carbonyl (C=O) groups excluding carboxylic acids is 2. The first-order valence-electron chi connectivity index (χ1n) is 12.4. The predicted molar refractivity (Wildman–Crippen MR) is 141 cm³/mol. The summed E-state index contributed by atoms with van der Waals surface area (Å²) in [7, 11) is -2.19. The van der Waals surface area contributed by atoms with Gasteiger partial charge in [-0.3, -0.25) is 13.9 Å². The lowest BCUT2D eigenvalue weighted by Gasteiger charge is -2.33. The number of aryl methyl sites for hydroxylation is 1. The smallest absolute Gasteiger partial charge is 0.244 e. The van der Waals surface area contributed by atoms with Gasteiger partial charge in [0.25, 0.3) is 0 Å². The molecule has 0 heterocycles. The Bertz CT molecular complexity index is 1160. The average molecular weight is 516 g/mol. The maximum atomic E-state index is 13.7. The van der Waals surface area contributed by atoms with Gasteiger partial charge < -0.3 is 15.0 Å². The van der Waals surface area contributed by atoms with Crippen LogP contribution >= 0.6 is 0 Å². The van der Waals surface area contributed by atoms with Crippen LogP contribution in [0, 0.1) is 6.92 Å². The van der Waals surface area contributed by atoms with E-state index in [0.29, 0.717) is 11.4 Å². The van der Waals surface area contributed by atoms with E-state index >= 15 is 0 Å². The highest BCUT2D eigenvalue weighted by molar-refractivity contribution is 7.92. The molecule has 2 aromatic carbocycles. The predicted octanol–water partition coefficient (Wildman–Crippen LogP) is 3.64. The molecule has 1 aliphatic rings. The summed E-state index contributed by atoms with van der Waals surface area (Å²) in [6.45, 7) is 3.28. The van der Waals surface area contributed by atoms with Crippen molar-refractivity contribution in [1.82, 2.24) is 10.2 Å². The van der Waals surface area contributed by atoms with Crippen molar-refractivity contribution in [2.24, 2.45) is 0 Å². The Kier molecular flexibility index (Phi) is 9.37. The Morgan fingerprint density at radius 2 is 1.78 bits per heavy atom. The van der Waals surface area contributed by atoms with Crippen LogP contribution in [-0.4, -0.2) is 57.1 Å². The number of nitrogens with zero attached hydrogens (tertiary/aromatic N) is 2. The number of methoxy groups -OCH3 is 1. The van der Waals surface area contributed by atoms with Gasteiger partial charge in [0, 0.05) is 12.6 Å². The molecule has 1 saturated carbocycles. The van der Waals surface area contributed by atoms with Crippen LogP contribution in [0.1, 0.15) is 50.2 Å². The van der Waals surface area contributed by atoms with Crippen LogP contribution in [-0.2, 0) is 26.2 Å². The molecule has 0 aromatic heterocycles. The maximum absolute atomic E-state index is 13.7. The zero-order valence-electron chi connectivity index (χ0n) is 21.6. The highest BCUT2D eigenvalue weighted by atomic mass is 32.2. The molecule has 0 aliphatic heterocycles. The molecule has 196 valence electrons. The summed E-state index contributed by atoms with van der Waals surface area (Å²) in [6.07, 6.45) is 6.25. The van der Waals surface area contributed by atoms with Crippen LogP contribution in [0.15, 0.2) is 48.5 Å². The average Bonchev–Trinajstić information content (AvgIpc) is 2.85. The van der Waals surface area contributed by atoms with Crippen LogP contribution in [0.3, 0.4) is 0 Å². The zero-order valence-corrected chi connectivity index (χ0v) is 22.4. The number of ether oxygens (including phenoxy) is 1. The Morgan fingerprint density at radius 1 is 1.08 bits per heavy atom. The molecule has 1 atom stereocenters. The number of nitrogens with one attached hydrogen (secondary N) is 1. The molecule has 3 rings (SSSR count). The standard InChI is InChI=1S/C27H37N3O5S/c1-20-10-8-14-24(16-20)30(36(4,33)34)19-26(31)29(18-22-11-9-15-25(17-22)35-3)21(2)27(32)28-23-12-6-5-7-13-23/h8-11,14-17,21,23H,5-7,12-13,18-19H2,1-4H3,(H,28,32). The lowest BCUT2D eigenvalue weighted by atomic mass is 9.95. The molecule has 0 radical (unpaired) electrons. The Labute approximate surface area is 214 Å². The summed E-state index contributed by atoms with van der Waals surface area (Å²) >= 11 is 0. The fourth-order valence-corrected chi connectivity index (χ4v) is 5.36. The van der Waals surface area contributed by atoms with Gasteiger partial charge in [0.2, 0.25) is 21.8 Å². The van der Waals surface area contributed by atoms with E-state index in [9.17, 15) is 18.0 Å². The lowest BCUT2D eigenvalue weighted by molar-refractivity contribution is -0.139. The van der Waals surface area contributed by atoms with Crippen molar-refractivity contribution in [3.63, 3.8) is 0 Å². The highest BCUT2D eigenvalue weighted by Gasteiger charge is 2.31. The summed E-state index contributed by atoms with van der Waals surface area (Å²) in [4.78, 5) is 28.3. The first-order valence-corrected chi connectivity index (χ1v) is 14.2. The third kappa shape index (κ3) is 7.46. The SMILES string of the molecule is COc1cccc(CN(C(=O)CN(c2cccc(C)c2)S(C)(=O)=O)C(C)C(=O)NC2CCCCC2)c1. The first-order chi connectivity index (χ1) is 17.1. The summed E-state index contributed by atoms with van der Waals surface area (Å²) in [6, 6.07) is 13.6. The molecule has 0 saturated heterocycles. The normalized spacial score (nSPS) is 15.1.